The molecule has 2 aromatic rings. The summed E-state index contributed by atoms with van der Waals surface area (Å²) in [4.78, 5) is 23.1. The van der Waals surface area contributed by atoms with Gasteiger partial charge in [-0.05, 0) is 38.0 Å². The third-order valence-electron chi connectivity index (χ3n) is 4.84. The summed E-state index contributed by atoms with van der Waals surface area (Å²) in [5, 5.41) is 0. The lowest BCUT2D eigenvalue weighted by Crippen LogP contribution is -2.37. The van der Waals surface area contributed by atoms with Gasteiger partial charge in [-0.3, -0.25) is 9.69 Å². The van der Waals surface area contributed by atoms with Crippen LogP contribution in [0.25, 0.3) is 0 Å². The number of sulfonamides is 1. The lowest BCUT2D eigenvalue weighted by Gasteiger charge is -2.29. The van der Waals surface area contributed by atoms with Crippen LogP contribution in [0.2, 0.25) is 0 Å². The van der Waals surface area contributed by atoms with Crippen LogP contribution >= 0.6 is 0 Å². The van der Waals surface area contributed by atoms with Crippen molar-refractivity contribution in [1.82, 2.24) is 14.3 Å². The fourth-order valence-corrected chi connectivity index (χ4v) is 3.92. The minimum absolute atomic E-state index is 0.0113. The number of benzene rings is 1. The zero-order valence-electron chi connectivity index (χ0n) is 16.1. The van der Waals surface area contributed by atoms with Gasteiger partial charge in [0, 0.05) is 24.7 Å². The van der Waals surface area contributed by atoms with Crippen LogP contribution in [0.3, 0.4) is 0 Å². The second kappa shape index (κ2) is 7.92. The minimum Gasteiger partial charge on any atom is -0.292 e. The molecule has 9 heteroatoms. The summed E-state index contributed by atoms with van der Waals surface area (Å²) in [7, 11) is -1.89. The molecule has 2 heterocycles. The predicted molar refractivity (Wildman–Crippen MR) is 104 cm³/mol. The van der Waals surface area contributed by atoms with Crippen molar-refractivity contribution in [3.8, 4) is 0 Å². The fraction of sp³-hybridized carbons (Fsp3) is 0.421. The van der Waals surface area contributed by atoms with Gasteiger partial charge in [-0.15, -0.1) is 0 Å². The van der Waals surface area contributed by atoms with Crippen molar-refractivity contribution >= 4 is 21.7 Å². The zero-order chi connectivity index (χ0) is 20.5. The average Bonchev–Trinajstić information content (AvgIpc) is 2.65. The molecule has 1 aromatic heterocycles. The van der Waals surface area contributed by atoms with E-state index in [1.165, 1.54) is 23.5 Å². The van der Waals surface area contributed by atoms with Crippen molar-refractivity contribution in [3.05, 3.63) is 52.7 Å². The summed E-state index contributed by atoms with van der Waals surface area (Å²) >= 11 is 0. The first-order valence-corrected chi connectivity index (χ1v) is 10.7. The Morgan fingerprint density at radius 3 is 2.50 bits per heavy atom. The molecule has 3 rings (SSSR count). The average molecular weight is 406 g/mol. The number of aryl methyl sites for hydroxylation is 1. The highest BCUT2D eigenvalue weighted by molar-refractivity contribution is 7.89. The van der Waals surface area contributed by atoms with Crippen LogP contribution in [-0.2, 0) is 34.3 Å². The number of rotatable bonds is 6. The van der Waals surface area contributed by atoms with E-state index in [-0.39, 0.29) is 30.6 Å². The highest BCUT2D eigenvalue weighted by Gasteiger charge is 2.29. The Balaban J connectivity index is 1.95. The van der Waals surface area contributed by atoms with Crippen molar-refractivity contribution in [1.29, 1.82) is 0 Å². The molecule has 0 spiro atoms. The standard InChI is InChI=1S/C19H23FN4O3S/c1-4-28(26,27)23(3)12-17-21-13(2)16-9-10-18(25)24(19(16)22-17)11-14-5-7-15(20)8-6-14/h5-8H,4,9-12H2,1-3H3. The Morgan fingerprint density at radius 2 is 1.86 bits per heavy atom. The number of amides is 1. The second-order valence-corrected chi connectivity index (χ2v) is 9.15. The van der Waals surface area contributed by atoms with Gasteiger partial charge < -0.3 is 0 Å². The molecule has 150 valence electrons. The normalized spacial score (nSPS) is 14.5. The molecular formula is C19H23FN4O3S. The number of carbonyl (C=O) groups excluding carboxylic acids is 1. The van der Waals surface area contributed by atoms with Gasteiger partial charge in [0.2, 0.25) is 15.9 Å². The topological polar surface area (TPSA) is 83.5 Å². The van der Waals surface area contributed by atoms with Gasteiger partial charge in [0.15, 0.2) is 0 Å². The number of aromatic nitrogens is 2. The molecule has 0 aliphatic carbocycles. The number of fused-ring (bicyclic) bond motifs is 1. The van der Waals surface area contributed by atoms with E-state index in [1.54, 1.807) is 24.0 Å². The van der Waals surface area contributed by atoms with Crippen LogP contribution in [0.4, 0.5) is 10.2 Å². The van der Waals surface area contributed by atoms with E-state index >= 15 is 0 Å². The number of nitrogens with zero attached hydrogens (tertiary/aromatic N) is 4. The molecule has 0 fully saturated rings. The van der Waals surface area contributed by atoms with Crippen molar-refractivity contribution in [2.45, 2.75) is 39.8 Å². The van der Waals surface area contributed by atoms with Gasteiger partial charge >= 0.3 is 0 Å². The molecule has 1 aliphatic rings. The molecule has 0 bridgehead atoms. The van der Waals surface area contributed by atoms with Crippen molar-refractivity contribution in [3.63, 3.8) is 0 Å². The summed E-state index contributed by atoms with van der Waals surface area (Å²) in [6, 6.07) is 5.97. The Hall–Kier alpha value is -2.39. The van der Waals surface area contributed by atoms with Gasteiger partial charge in [0.25, 0.3) is 0 Å². The fourth-order valence-electron chi connectivity index (χ4n) is 3.16. The third kappa shape index (κ3) is 4.20. The van der Waals surface area contributed by atoms with Crippen LogP contribution in [0.15, 0.2) is 24.3 Å². The largest absolute Gasteiger partial charge is 0.292 e. The first-order valence-electron chi connectivity index (χ1n) is 9.06. The quantitative estimate of drug-likeness (QED) is 0.734. The summed E-state index contributed by atoms with van der Waals surface area (Å²) in [5.74, 6) is 0.424. The summed E-state index contributed by atoms with van der Waals surface area (Å²) in [6.45, 7) is 3.71. The molecule has 0 radical (unpaired) electrons. The van der Waals surface area contributed by atoms with E-state index in [4.69, 9.17) is 0 Å². The molecule has 0 saturated heterocycles. The Kier molecular flexibility index (Phi) is 5.76. The predicted octanol–water partition coefficient (Wildman–Crippen LogP) is 2.19. The summed E-state index contributed by atoms with van der Waals surface area (Å²) in [5.41, 5.74) is 2.40. The van der Waals surface area contributed by atoms with Crippen LogP contribution in [-0.4, -0.2) is 41.4 Å². The van der Waals surface area contributed by atoms with Gasteiger partial charge in [-0.25, -0.2) is 22.8 Å². The minimum atomic E-state index is -3.37. The van der Waals surface area contributed by atoms with E-state index in [2.05, 4.69) is 9.97 Å². The molecule has 0 atom stereocenters. The van der Waals surface area contributed by atoms with Gasteiger partial charge in [0.1, 0.15) is 17.5 Å². The van der Waals surface area contributed by atoms with E-state index in [9.17, 15) is 17.6 Å². The van der Waals surface area contributed by atoms with E-state index in [1.807, 2.05) is 6.92 Å². The Morgan fingerprint density at radius 1 is 1.18 bits per heavy atom. The van der Waals surface area contributed by atoms with E-state index in [0.29, 0.717) is 24.5 Å². The van der Waals surface area contributed by atoms with Gasteiger partial charge in [-0.2, -0.15) is 4.31 Å². The highest BCUT2D eigenvalue weighted by Crippen LogP contribution is 2.29. The maximum atomic E-state index is 13.2. The maximum absolute atomic E-state index is 13.2. The van der Waals surface area contributed by atoms with Crippen LogP contribution in [0.5, 0.6) is 0 Å². The summed E-state index contributed by atoms with van der Waals surface area (Å²) < 4.78 is 38.5. The molecular weight excluding hydrogens is 383 g/mol. The first kappa shape index (κ1) is 20.3. The number of hydrogen-bond acceptors (Lipinski definition) is 5. The SMILES string of the molecule is CCS(=O)(=O)N(C)Cc1nc(C)c2c(n1)N(Cc1ccc(F)cc1)C(=O)CC2. The number of hydrogen-bond donors (Lipinski definition) is 0. The molecule has 28 heavy (non-hydrogen) atoms. The molecule has 1 aromatic carbocycles. The van der Waals surface area contributed by atoms with Crippen LogP contribution in [0.1, 0.15) is 36.0 Å². The van der Waals surface area contributed by atoms with Crippen LogP contribution in [0, 0.1) is 12.7 Å². The van der Waals surface area contributed by atoms with Gasteiger partial charge in [0.05, 0.1) is 18.8 Å². The maximum Gasteiger partial charge on any atom is 0.228 e. The van der Waals surface area contributed by atoms with Crippen molar-refractivity contribution in [2.75, 3.05) is 17.7 Å². The third-order valence-corrected chi connectivity index (χ3v) is 6.65. The van der Waals surface area contributed by atoms with E-state index in [0.717, 1.165) is 16.8 Å². The number of halogens is 1. The zero-order valence-corrected chi connectivity index (χ0v) is 17.0. The second-order valence-electron chi connectivity index (χ2n) is 6.79. The molecule has 0 N–H and O–H groups in total. The molecule has 0 unspecified atom stereocenters. The number of anilines is 1. The van der Waals surface area contributed by atoms with E-state index < -0.39 is 10.0 Å². The van der Waals surface area contributed by atoms with Crippen molar-refractivity contribution in [2.24, 2.45) is 0 Å². The Labute approximate surface area is 164 Å². The number of carbonyl (C=O) groups is 1. The highest BCUT2D eigenvalue weighted by atomic mass is 32.2. The summed E-state index contributed by atoms with van der Waals surface area (Å²) in [6.07, 6.45) is 0.894. The van der Waals surface area contributed by atoms with Crippen LogP contribution < -0.4 is 4.90 Å². The monoisotopic (exact) mass is 406 g/mol. The smallest absolute Gasteiger partial charge is 0.228 e. The molecule has 7 nitrogen and oxygen atoms in total. The van der Waals surface area contributed by atoms with Gasteiger partial charge in [-0.1, -0.05) is 12.1 Å². The molecule has 1 amide bonds. The lowest BCUT2D eigenvalue weighted by atomic mass is 10.0. The Bertz CT molecular complexity index is 993. The van der Waals surface area contributed by atoms with Crippen molar-refractivity contribution < 1.29 is 17.6 Å². The lowest BCUT2D eigenvalue weighted by molar-refractivity contribution is -0.119. The molecule has 1 aliphatic heterocycles. The molecule has 0 saturated carbocycles. The first-order chi connectivity index (χ1) is 13.2.